The van der Waals surface area contributed by atoms with Crippen molar-refractivity contribution in [1.29, 1.82) is 0 Å². The fourth-order valence-electron chi connectivity index (χ4n) is 0.928. The largest absolute Gasteiger partial charge is 0.315 e. The molecule has 11 heavy (non-hydrogen) atoms. The van der Waals surface area contributed by atoms with Crippen molar-refractivity contribution >= 4 is 23.2 Å². The molecule has 62 valence electrons. The van der Waals surface area contributed by atoms with Crippen LogP contribution in [-0.2, 0) is 0 Å². The number of alkyl halides is 2. The lowest BCUT2D eigenvalue weighted by Crippen LogP contribution is -2.19. The summed E-state index contributed by atoms with van der Waals surface area (Å²) in [6, 6.07) is 0. The van der Waals surface area contributed by atoms with Gasteiger partial charge in [-0.25, -0.2) is 0 Å². The van der Waals surface area contributed by atoms with E-state index in [1.807, 2.05) is 0 Å². The Kier molecular flexibility index (Phi) is 3.06. The van der Waals surface area contributed by atoms with Gasteiger partial charge in [-0.1, -0.05) is 0 Å². The average Bonchev–Trinajstić information content (AvgIpc) is 2.52. The first kappa shape index (κ1) is 9.19. The third-order valence-corrected chi connectivity index (χ3v) is 2.72. The average molecular weight is 192 g/mol. The molecule has 0 radical (unpaired) electrons. The second-order valence-corrected chi connectivity index (χ2v) is 4.36. The van der Waals surface area contributed by atoms with Crippen molar-refractivity contribution in [2.24, 2.45) is 5.92 Å². The standard InChI is InChI=1S/C8H11Cl2N/c1-2-3-4-11-6-7-5-8(7,9)10/h1,7,11H,3-6H2. The van der Waals surface area contributed by atoms with Crippen LogP contribution in [0.15, 0.2) is 0 Å². The summed E-state index contributed by atoms with van der Waals surface area (Å²) in [5.74, 6) is 2.97. The van der Waals surface area contributed by atoms with E-state index in [2.05, 4.69) is 11.2 Å². The van der Waals surface area contributed by atoms with Crippen molar-refractivity contribution in [3.63, 3.8) is 0 Å². The highest BCUT2D eigenvalue weighted by Crippen LogP contribution is 2.52. The summed E-state index contributed by atoms with van der Waals surface area (Å²) in [6.45, 7) is 1.74. The molecule has 1 saturated carbocycles. The van der Waals surface area contributed by atoms with E-state index < -0.39 is 4.33 Å². The van der Waals surface area contributed by atoms with Crippen molar-refractivity contribution in [1.82, 2.24) is 5.32 Å². The van der Waals surface area contributed by atoms with Crippen LogP contribution in [0.5, 0.6) is 0 Å². The molecule has 0 heterocycles. The smallest absolute Gasteiger partial charge is 0.122 e. The topological polar surface area (TPSA) is 12.0 Å². The van der Waals surface area contributed by atoms with E-state index in [0.717, 1.165) is 25.9 Å². The van der Waals surface area contributed by atoms with Gasteiger partial charge >= 0.3 is 0 Å². The Morgan fingerprint density at radius 1 is 1.64 bits per heavy atom. The number of terminal acetylenes is 1. The lowest BCUT2D eigenvalue weighted by Gasteiger charge is -2.00. The Hall–Kier alpha value is 0.100. The Morgan fingerprint density at radius 2 is 2.27 bits per heavy atom. The van der Waals surface area contributed by atoms with Crippen molar-refractivity contribution in [2.45, 2.75) is 17.2 Å². The van der Waals surface area contributed by atoms with E-state index in [-0.39, 0.29) is 0 Å². The third kappa shape index (κ3) is 2.91. The SMILES string of the molecule is C#CCCNCC1CC1(Cl)Cl. The fraction of sp³-hybridized carbons (Fsp3) is 0.750. The normalized spacial score (nSPS) is 26.1. The molecule has 1 aliphatic rings. The summed E-state index contributed by atoms with van der Waals surface area (Å²) >= 11 is 11.6. The van der Waals surface area contributed by atoms with Crippen LogP contribution >= 0.6 is 23.2 Å². The van der Waals surface area contributed by atoms with Gasteiger partial charge in [0, 0.05) is 25.4 Å². The second kappa shape index (κ2) is 3.67. The van der Waals surface area contributed by atoms with Gasteiger partial charge in [0.2, 0.25) is 0 Å². The molecule has 0 amide bonds. The van der Waals surface area contributed by atoms with Crippen LogP contribution in [0, 0.1) is 18.3 Å². The van der Waals surface area contributed by atoms with E-state index in [0.29, 0.717) is 5.92 Å². The Bertz CT molecular complexity index is 171. The maximum Gasteiger partial charge on any atom is 0.122 e. The van der Waals surface area contributed by atoms with Crippen molar-refractivity contribution in [2.75, 3.05) is 13.1 Å². The third-order valence-electron chi connectivity index (χ3n) is 1.79. The van der Waals surface area contributed by atoms with Gasteiger partial charge in [0.25, 0.3) is 0 Å². The molecule has 0 aromatic heterocycles. The zero-order chi connectivity index (χ0) is 8.32. The van der Waals surface area contributed by atoms with Gasteiger partial charge in [0.15, 0.2) is 0 Å². The maximum absolute atomic E-state index is 5.81. The molecule has 0 aromatic rings. The van der Waals surface area contributed by atoms with Crippen LogP contribution in [0.25, 0.3) is 0 Å². The quantitative estimate of drug-likeness (QED) is 0.406. The number of nitrogens with one attached hydrogen (secondary N) is 1. The molecule has 1 N–H and O–H groups in total. The van der Waals surface area contributed by atoms with Gasteiger partial charge in [-0.3, -0.25) is 0 Å². The maximum atomic E-state index is 5.81. The molecule has 1 nitrogen and oxygen atoms in total. The first-order valence-electron chi connectivity index (χ1n) is 3.69. The zero-order valence-corrected chi connectivity index (χ0v) is 7.75. The van der Waals surface area contributed by atoms with Crippen LogP contribution in [0.3, 0.4) is 0 Å². The molecule has 0 bridgehead atoms. The van der Waals surface area contributed by atoms with E-state index in [9.17, 15) is 0 Å². The number of hydrogen-bond donors (Lipinski definition) is 1. The molecular weight excluding hydrogens is 181 g/mol. The Balaban J connectivity index is 1.95. The van der Waals surface area contributed by atoms with Crippen molar-refractivity contribution in [3.05, 3.63) is 0 Å². The van der Waals surface area contributed by atoms with Gasteiger partial charge in [-0.05, 0) is 6.42 Å². The lowest BCUT2D eigenvalue weighted by molar-refractivity contribution is 0.642. The Labute approximate surface area is 77.4 Å². The van der Waals surface area contributed by atoms with E-state index in [1.165, 1.54) is 0 Å². The summed E-state index contributed by atoms with van der Waals surface area (Å²) in [4.78, 5) is 0. The summed E-state index contributed by atoms with van der Waals surface area (Å²) in [5, 5.41) is 3.19. The van der Waals surface area contributed by atoms with Gasteiger partial charge in [0.05, 0.1) is 0 Å². The Morgan fingerprint density at radius 3 is 2.73 bits per heavy atom. The van der Waals surface area contributed by atoms with Crippen LogP contribution < -0.4 is 5.32 Å². The first-order valence-corrected chi connectivity index (χ1v) is 4.44. The summed E-state index contributed by atoms with van der Waals surface area (Å²) in [5.41, 5.74) is 0. The molecule has 0 aliphatic heterocycles. The van der Waals surface area contributed by atoms with Gasteiger partial charge < -0.3 is 5.32 Å². The molecule has 3 heteroatoms. The molecular formula is C8H11Cl2N. The molecule has 1 unspecified atom stereocenters. The number of rotatable bonds is 4. The van der Waals surface area contributed by atoms with Gasteiger partial charge in [-0.15, -0.1) is 35.5 Å². The minimum Gasteiger partial charge on any atom is -0.315 e. The van der Waals surface area contributed by atoms with Crippen LogP contribution in [-0.4, -0.2) is 17.4 Å². The van der Waals surface area contributed by atoms with Crippen LogP contribution in [0.4, 0.5) is 0 Å². The van der Waals surface area contributed by atoms with E-state index in [4.69, 9.17) is 29.6 Å². The highest BCUT2D eigenvalue weighted by atomic mass is 35.5. The second-order valence-electron chi connectivity index (χ2n) is 2.82. The molecule has 0 aromatic carbocycles. The van der Waals surface area contributed by atoms with Gasteiger partial charge in [-0.2, -0.15) is 0 Å². The predicted molar refractivity (Wildman–Crippen MR) is 48.9 cm³/mol. The zero-order valence-electron chi connectivity index (χ0n) is 6.24. The summed E-state index contributed by atoms with van der Waals surface area (Å²) in [6.07, 6.45) is 6.74. The minimum atomic E-state index is -0.455. The van der Waals surface area contributed by atoms with Crippen molar-refractivity contribution in [3.8, 4) is 12.3 Å². The monoisotopic (exact) mass is 191 g/mol. The fourth-order valence-corrected chi connectivity index (χ4v) is 1.45. The van der Waals surface area contributed by atoms with Gasteiger partial charge in [0.1, 0.15) is 4.33 Å². The summed E-state index contributed by atoms with van der Waals surface area (Å²) in [7, 11) is 0. The van der Waals surface area contributed by atoms with Crippen molar-refractivity contribution < 1.29 is 0 Å². The molecule has 1 rings (SSSR count). The highest BCUT2D eigenvalue weighted by Gasteiger charge is 2.50. The molecule has 1 atom stereocenters. The predicted octanol–water partition coefficient (Wildman–Crippen LogP) is 1.79. The highest BCUT2D eigenvalue weighted by molar-refractivity contribution is 6.50. The van der Waals surface area contributed by atoms with Crippen LogP contribution in [0.1, 0.15) is 12.8 Å². The van der Waals surface area contributed by atoms with E-state index in [1.54, 1.807) is 0 Å². The van der Waals surface area contributed by atoms with E-state index >= 15 is 0 Å². The lowest BCUT2D eigenvalue weighted by atomic mass is 10.4. The first-order chi connectivity index (χ1) is 5.17. The summed E-state index contributed by atoms with van der Waals surface area (Å²) < 4.78 is -0.455. The number of hydrogen-bond acceptors (Lipinski definition) is 1. The molecule has 0 spiro atoms. The number of halogens is 2. The minimum absolute atomic E-state index is 0.420. The molecule has 1 fully saturated rings. The molecule has 1 aliphatic carbocycles. The van der Waals surface area contributed by atoms with Crippen LogP contribution in [0.2, 0.25) is 0 Å². The molecule has 0 saturated heterocycles.